The van der Waals surface area contributed by atoms with Gasteiger partial charge in [0, 0.05) is 5.38 Å². The van der Waals surface area contributed by atoms with E-state index in [0.29, 0.717) is 0 Å². The molecule has 0 aliphatic rings. The Labute approximate surface area is 135 Å². The van der Waals surface area contributed by atoms with Gasteiger partial charge in [-0.3, -0.25) is 0 Å². The summed E-state index contributed by atoms with van der Waals surface area (Å²) in [6.45, 7) is 5.14. The Balaban J connectivity index is 2.88. The zero-order chi connectivity index (χ0) is 16.9. The molecule has 0 aliphatic carbocycles. The number of ether oxygens (including phenoxy) is 1. The Morgan fingerprint density at radius 2 is 2.14 bits per heavy atom. The van der Waals surface area contributed by atoms with Crippen molar-refractivity contribution in [2.75, 3.05) is 12.0 Å². The van der Waals surface area contributed by atoms with Crippen LogP contribution in [0, 0.1) is 0 Å². The average Bonchev–Trinajstić information content (AvgIpc) is 2.78. The highest BCUT2D eigenvalue weighted by Crippen LogP contribution is 2.17. The number of oxime groups is 1. The van der Waals surface area contributed by atoms with Crippen LogP contribution in [-0.2, 0) is 19.2 Å². The molecule has 22 heavy (non-hydrogen) atoms. The molecule has 0 fully saturated rings. The molecule has 0 saturated carbocycles. The van der Waals surface area contributed by atoms with Crippen molar-refractivity contribution in [2.45, 2.75) is 31.8 Å². The number of thioether (sulfide) groups is 1. The van der Waals surface area contributed by atoms with E-state index in [2.05, 4.69) is 10.1 Å². The minimum absolute atomic E-state index is 0.0686. The summed E-state index contributed by atoms with van der Waals surface area (Å²) in [6.07, 6.45) is 1.62. The summed E-state index contributed by atoms with van der Waals surface area (Å²) >= 11 is 2.11. The number of nitrogens with two attached hydrogens (primary N) is 1. The third-order valence-corrected chi connectivity index (χ3v) is 3.40. The Kier molecular flexibility index (Phi) is 6.18. The van der Waals surface area contributed by atoms with E-state index in [1.54, 1.807) is 27.0 Å². The van der Waals surface area contributed by atoms with Crippen LogP contribution in [0.25, 0.3) is 0 Å². The largest absolute Gasteiger partial charge is 0.476 e. The molecule has 0 spiro atoms. The van der Waals surface area contributed by atoms with Gasteiger partial charge in [0.15, 0.2) is 5.13 Å². The van der Waals surface area contributed by atoms with Crippen molar-refractivity contribution in [3.8, 4) is 0 Å². The lowest BCUT2D eigenvalue weighted by Crippen LogP contribution is -2.31. The number of aliphatic carboxylic acids is 1. The van der Waals surface area contributed by atoms with Crippen LogP contribution in [0.5, 0.6) is 0 Å². The summed E-state index contributed by atoms with van der Waals surface area (Å²) in [5.74, 6) is -1.99. The number of aromatic nitrogens is 1. The van der Waals surface area contributed by atoms with Crippen LogP contribution in [0.15, 0.2) is 10.5 Å². The van der Waals surface area contributed by atoms with Gasteiger partial charge >= 0.3 is 11.9 Å². The van der Waals surface area contributed by atoms with Gasteiger partial charge in [-0.2, -0.15) is 0 Å². The second-order valence-electron chi connectivity index (χ2n) is 5.02. The number of hydrogen-bond acceptors (Lipinski definition) is 9. The molecule has 1 rings (SSSR count). The van der Waals surface area contributed by atoms with Crippen molar-refractivity contribution < 1.29 is 24.3 Å². The fourth-order valence-corrected chi connectivity index (χ4v) is 2.14. The minimum Gasteiger partial charge on any atom is -0.476 e. The van der Waals surface area contributed by atoms with E-state index in [1.165, 1.54) is 5.38 Å². The molecule has 0 aliphatic heterocycles. The first-order valence-corrected chi connectivity index (χ1v) is 8.25. The van der Waals surface area contributed by atoms with Crippen LogP contribution >= 0.6 is 23.1 Å². The fraction of sp³-hybridized carbons (Fsp3) is 0.500. The van der Waals surface area contributed by atoms with Gasteiger partial charge in [-0.25, -0.2) is 14.6 Å². The molecule has 0 bridgehead atoms. The predicted octanol–water partition coefficient (Wildman–Crippen LogP) is 1.56. The van der Waals surface area contributed by atoms with Gasteiger partial charge in [-0.05, 0) is 27.0 Å². The molecule has 0 amide bonds. The van der Waals surface area contributed by atoms with Crippen molar-refractivity contribution in [1.29, 1.82) is 0 Å². The molecular weight excluding hydrogens is 330 g/mol. The molecule has 122 valence electrons. The quantitative estimate of drug-likeness (QED) is 0.344. The lowest BCUT2D eigenvalue weighted by atomic mass is 10.2. The molecule has 10 heteroatoms. The maximum Gasteiger partial charge on any atom is 0.361 e. The molecule has 0 radical (unpaired) electrons. The summed E-state index contributed by atoms with van der Waals surface area (Å²) in [6, 6.07) is 0. The summed E-state index contributed by atoms with van der Waals surface area (Å²) in [5, 5.41) is 14.3. The zero-order valence-corrected chi connectivity index (χ0v) is 14.2. The Bertz CT molecular complexity index is 580. The number of nitrogens with zero attached hydrogens (tertiary/aromatic N) is 2. The normalized spacial score (nSPS) is 13.5. The number of rotatable bonds is 6. The summed E-state index contributed by atoms with van der Waals surface area (Å²) in [4.78, 5) is 31.9. The van der Waals surface area contributed by atoms with Gasteiger partial charge < -0.3 is 20.4 Å². The fourth-order valence-electron chi connectivity index (χ4n) is 1.22. The molecule has 1 heterocycles. The highest BCUT2D eigenvalue weighted by atomic mass is 32.2. The van der Waals surface area contributed by atoms with E-state index in [-0.39, 0.29) is 10.8 Å². The summed E-state index contributed by atoms with van der Waals surface area (Å²) < 4.78 is 5.16. The molecule has 8 nitrogen and oxygen atoms in total. The minimum atomic E-state index is -1.34. The number of esters is 1. The average molecular weight is 347 g/mol. The number of carboxylic acid groups (broad SMARTS) is 1. The number of anilines is 1. The van der Waals surface area contributed by atoms with E-state index in [0.717, 1.165) is 23.1 Å². The second kappa shape index (κ2) is 7.45. The molecule has 1 unspecified atom stereocenters. The Hall–Kier alpha value is -1.81. The van der Waals surface area contributed by atoms with Gasteiger partial charge in [-0.1, -0.05) is 5.16 Å². The lowest BCUT2D eigenvalue weighted by molar-refractivity contribution is -0.162. The van der Waals surface area contributed by atoms with E-state index >= 15 is 0 Å². The van der Waals surface area contributed by atoms with Crippen molar-refractivity contribution >= 4 is 45.9 Å². The lowest BCUT2D eigenvalue weighted by Gasteiger charge is -2.22. The van der Waals surface area contributed by atoms with Crippen molar-refractivity contribution in [3.05, 3.63) is 11.1 Å². The van der Waals surface area contributed by atoms with Crippen LogP contribution in [0.2, 0.25) is 0 Å². The second-order valence-corrected chi connectivity index (χ2v) is 6.81. The monoisotopic (exact) mass is 347 g/mol. The number of carbonyl (C=O) groups is 2. The highest BCUT2D eigenvalue weighted by Gasteiger charge is 2.27. The molecule has 0 aromatic carbocycles. The summed E-state index contributed by atoms with van der Waals surface area (Å²) in [5.41, 5.74) is 3.33. The number of nitrogen functional groups attached to an aromatic ring is 1. The van der Waals surface area contributed by atoms with Gasteiger partial charge in [0.1, 0.15) is 11.3 Å². The molecule has 1 atom stereocenters. The molecular formula is C12H17N3O5S2. The predicted molar refractivity (Wildman–Crippen MR) is 84.9 cm³/mol. The standard InChI is InChI=1S/C12H17N3O5S2/c1-12(2,3)19-9(18)10(21-4)20-15-7(8(16)17)6-5-22-11(13)14-6/h5,10H,1-4H3,(H2,13,14)(H,16,17). The summed E-state index contributed by atoms with van der Waals surface area (Å²) in [7, 11) is 0. The van der Waals surface area contributed by atoms with Crippen LogP contribution < -0.4 is 5.73 Å². The molecule has 1 aromatic rings. The third kappa shape index (κ3) is 5.53. The van der Waals surface area contributed by atoms with E-state index < -0.39 is 28.7 Å². The SMILES string of the molecule is CSC(ON=C(C(=O)O)c1csc(N)n1)C(=O)OC(C)(C)C. The van der Waals surface area contributed by atoms with Crippen LogP contribution in [0.4, 0.5) is 5.13 Å². The first-order valence-electron chi connectivity index (χ1n) is 6.08. The smallest absolute Gasteiger partial charge is 0.361 e. The van der Waals surface area contributed by atoms with Gasteiger partial charge in [-0.15, -0.1) is 23.1 Å². The van der Waals surface area contributed by atoms with Gasteiger partial charge in [0.2, 0.25) is 5.71 Å². The molecule has 3 N–H and O–H groups in total. The van der Waals surface area contributed by atoms with Crippen molar-refractivity contribution in [1.82, 2.24) is 4.98 Å². The van der Waals surface area contributed by atoms with Crippen molar-refractivity contribution in [2.24, 2.45) is 5.16 Å². The Morgan fingerprint density at radius 3 is 2.55 bits per heavy atom. The Morgan fingerprint density at radius 1 is 1.50 bits per heavy atom. The number of thiazole rings is 1. The van der Waals surface area contributed by atoms with E-state index in [4.69, 9.17) is 20.4 Å². The number of carboxylic acids is 1. The van der Waals surface area contributed by atoms with Gasteiger partial charge in [0.05, 0.1) is 0 Å². The van der Waals surface area contributed by atoms with Gasteiger partial charge in [0.25, 0.3) is 5.44 Å². The first-order chi connectivity index (χ1) is 10.1. The number of hydrogen-bond donors (Lipinski definition) is 2. The molecule has 0 saturated heterocycles. The van der Waals surface area contributed by atoms with Crippen LogP contribution in [0.1, 0.15) is 26.5 Å². The van der Waals surface area contributed by atoms with E-state index in [9.17, 15) is 9.59 Å². The zero-order valence-electron chi connectivity index (χ0n) is 12.5. The third-order valence-electron chi connectivity index (χ3n) is 2.02. The maximum absolute atomic E-state index is 11.9. The topological polar surface area (TPSA) is 124 Å². The number of carbonyl (C=O) groups excluding carboxylic acids is 1. The van der Waals surface area contributed by atoms with E-state index in [1.807, 2.05) is 0 Å². The molecule has 1 aromatic heterocycles. The van der Waals surface area contributed by atoms with Crippen LogP contribution in [0.3, 0.4) is 0 Å². The van der Waals surface area contributed by atoms with Crippen LogP contribution in [-0.4, -0.2) is 45.0 Å². The maximum atomic E-state index is 11.9. The highest BCUT2D eigenvalue weighted by molar-refractivity contribution is 7.99. The van der Waals surface area contributed by atoms with Crippen molar-refractivity contribution in [3.63, 3.8) is 0 Å². The first kappa shape index (κ1) is 18.2.